The van der Waals surface area contributed by atoms with Crippen LogP contribution in [0.3, 0.4) is 0 Å². The molecule has 2 aromatic rings. The third-order valence-electron chi connectivity index (χ3n) is 5.36. The van der Waals surface area contributed by atoms with E-state index in [9.17, 15) is 0 Å². The van der Waals surface area contributed by atoms with E-state index in [1.165, 1.54) is 54.2 Å². The van der Waals surface area contributed by atoms with Gasteiger partial charge in [-0.25, -0.2) is 0 Å². The van der Waals surface area contributed by atoms with Crippen LogP contribution in [0.2, 0.25) is 0 Å². The molecular formula is C18H21N3. The summed E-state index contributed by atoms with van der Waals surface area (Å²) in [6.45, 7) is 5.09. The molecular weight excluding hydrogens is 258 g/mol. The number of aromatic nitrogens is 2. The minimum Gasteiger partial charge on any atom is -0.293 e. The summed E-state index contributed by atoms with van der Waals surface area (Å²) in [5, 5.41) is 11.0. The Kier molecular flexibility index (Phi) is 2.84. The fraction of sp³-hybridized carbons (Fsp3) is 0.500. The van der Waals surface area contributed by atoms with Crippen LogP contribution < -0.4 is 0 Å². The number of nitrogens with zero attached hydrogens (tertiary/aromatic N) is 3. The number of aryl methyl sites for hydroxylation is 2. The van der Waals surface area contributed by atoms with Crippen molar-refractivity contribution in [2.75, 3.05) is 6.54 Å². The molecule has 3 heteroatoms. The predicted molar refractivity (Wildman–Crippen MR) is 86.1 cm³/mol. The summed E-state index contributed by atoms with van der Waals surface area (Å²) < 4.78 is 0. The normalized spacial score (nSPS) is 25.0. The molecule has 1 atom stereocenters. The fourth-order valence-corrected chi connectivity index (χ4v) is 4.15. The first-order valence-electron chi connectivity index (χ1n) is 7.99. The van der Waals surface area contributed by atoms with Gasteiger partial charge in [-0.2, -0.15) is 10.2 Å². The molecule has 2 aliphatic rings. The van der Waals surface area contributed by atoms with Gasteiger partial charge in [-0.1, -0.05) is 18.6 Å². The van der Waals surface area contributed by atoms with Gasteiger partial charge in [0.25, 0.3) is 0 Å². The molecule has 1 aliphatic carbocycles. The second kappa shape index (κ2) is 4.62. The van der Waals surface area contributed by atoms with Crippen LogP contribution in [0, 0.1) is 13.8 Å². The molecule has 2 heterocycles. The Morgan fingerprint density at radius 1 is 0.952 bits per heavy atom. The van der Waals surface area contributed by atoms with Gasteiger partial charge in [0, 0.05) is 28.4 Å². The first kappa shape index (κ1) is 12.9. The zero-order valence-corrected chi connectivity index (χ0v) is 12.8. The highest BCUT2D eigenvalue weighted by molar-refractivity contribution is 5.98. The summed E-state index contributed by atoms with van der Waals surface area (Å²) in [5.41, 5.74) is 5.16. The Morgan fingerprint density at radius 3 is 2.62 bits per heavy atom. The van der Waals surface area contributed by atoms with Gasteiger partial charge in [-0.3, -0.25) is 4.99 Å². The van der Waals surface area contributed by atoms with Crippen molar-refractivity contribution in [2.45, 2.75) is 51.4 Å². The van der Waals surface area contributed by atoms with Crippen LogP contribution in [0.15, 0.2) is 23.2 Å². The molecule has 1 unspecified atom stereocenters. The van der Waals surface area contributed by atoms with Crippen molar-refractivity contribution in [2.24, 2.45) is 4.99 Å². The van der Waals surface area contributed by atoms with E-state index in [0.29, 0.717) is 0 Å². The maximum absolute atomic E-state index is 4.81. The topological polar surface area (TPSA) is 38.1 Å². The van der Waals surface area contributed by atoms with E-state index in [4.69, 9.17) is 4.99 Å². The Labute approximate surface area is 125 Å². The van der Waals surface area contributed by atoms with E-state index in [0.717, 1.165) is 17.9 Å². The van der Waals surface area contributed by atoms with Gasteiger partial charge >= 0.3 is 0 Å². The number of rotatable bonds is 1. The summed E-state index contributed by atoms with van der Waals surface area (Å²) in [6.07, 6.45) is 6.25. The Hall–Kier alpha value is -1.77. The number of fused-ring (bicyclic) bond motifs is 2. The standard InChI is InChI=1S/C18H21N3/c1-12-15-7-6-14(11-16(15)13(2)21-20-12)18-8-4-3-5-17(18)19-10-9-18/h6-7,11H,3-5,8-10H2,1-2H3. The van der Waals surface area contributed by atoms with Crippen molar-refractivity contribution in [1.29, 1.82) is 0 Å². The maximum Gasteiger partial charge on any atom is 0.0678 e. The lowest BCUT2D eigenvalue weighted by Gasteiger charge is -2.35. The Balaban J connectivity index is 1.91. The first-order chi connectivity index (χ1) is 10.2. The molecule has 1 fully saturated rings. The molecule has 4 rings (SSSR count). The van der Waals surface area contributed by atoms with Crippen molar-refractivity contribution >= 4 is 16.5 Å². The third-order valence-corrected chi connectivity index (χ3v) is 5.36. The summed E-state index contributed by atoms with van der Waals surface area (Å²) in [6, 6.07) is 6.90. The molecule has 0 bridgehead atoms. The van der Waals surface area contributed by atoms with Crippen molar-refractivity contribution < 1.29 is 0 Å². The molecule has 1 aromatic carbocycles. The van der Waals surface area contributed by atoms with Crippen LogP contribution in [-0.2, 0) is 5.41 Å². The van der Waals surface area contributed by atoms with Crippen molar-refractivity contribution in [3.8, 4) is 0 Å². The van der Waals surface area contributed by atoms with E-state index >= 15 is 0 Å². The van der Waals surface area contributed by atoms with Crippen molar-refractivity contribution in [3.05, 3.63) is 35.2 Å². The van der Waals surface area contributed by atoms with Gasteiger partial charge in [-0.15, -0.1) is 0 Å². The summed E-state index contributed by atoms with van der Waals surface area (Å²) >= 11 is 0. The Bertz CT molecular complexity index is 747. The summed E-state index contributed by atoms with van der Waals surface area (Å²) in [7, 11) is 0. The first-order valence-corrected chi connectivity index (χ1v) is 7.99. The second-order valence-electron chi connectivity index (χ2n) is 6.50. The van der Waals surface area contributed by atoms with E-state index < -0.39 is 0 Å². The van der Waals surface area contributed by atoms with Crippen LogP contribution in [0.4, 0.5) is 0 Å². The summed E-state index contributed by atoms with van der Waals surface area (Å²) in [4.78, 5) is 4.81. The SMILES string of the molecule is Cc1nnc(C)c2cc(C34CCCCC3=NCC4)ccc12. The van der Waals surface area contributed by atoms with Crippen LogP contribution in [-0.4, -0.2) is 22.5 Å². The molecule has 0 N–H and O–H groups in total. The molecule has 3 nitrogen and oxygen atoms in total. The zero-order chi connectivity index (χ0) is 14.4. The minimum absolute atomic E-state index is 0.218. The average molecular weight is 279 g/mol. The van der Waals surface area contributed by atoms with E-state index in [2.05, 4.69) is 35.3 Å². The van der Waals surface area contributed by atoms with Crippen molar-refractivity contribution in [3.63, 3.8) is 0 Å². The average Bonchev–Trinajstić information content (AvgIpc) is 2.96. The highest BCUT2D eigenvalue weighted by Crippen LogP contribution is 2.44. The second-order valence-corrected chi connectivity index (χ2v) is 6.50. The number of hydrogen-bond acceptors (Lipinski definition) is 3. The third kappa shape index (κ3) is 1.83. The Morgan fingerprint density at radius 2 is 1.76 bits per heavy atom. The predicted octanol–water partition coefficient (Wildman–Crippen LogP) is 3.90. The van der Waals surface area contributed by atoms with Crippen LogP contribution in [0.5, 0.6) is 0 Å². The number of benzene rings is 1. The number of hydrogen-bond donors (Lipinski definition) is 0. The van der Waals surface area contributed by atoms with Gasteiger partial charge in [0.1, 0.15) is 0 Å². The van der Waals surface area contributed by atoms with Crippen LogP contribution in [0.25, 0.3) is 10.8 Å². The molecule has 1 aromatic heterocycles. The lowest BCUT2D eigenvalue weighted by molar-refractivity contribution is 0.457. The molecule has 1 aliphatic heterocycles. The number of aliphatic imine (C=N–C) groups is 1. The molecule has 0 radical (unpaired) electrons. The van der Waals surface area contributed by atoms with Gasteiger partial charge in [-0.05, 0) is 51.2 Å². The van der Waals surface area contributed by atoms with Crippen LogP contribution in [0.1, 0.15) is 49.1 Å². The minimum atomic E-state index is 0.218. The van der Waals surface area contributed by atoms with Gasteiger partial charge in [0.2, 0.25) is 0 Å². The van der Waals surface area contributed by atoms with Crippen LogP contribution >= 0.6 is 0 Å². The molecule has 1 saturated carbocycles. The van der Waals surface area contributed by atoms with E-state index in [1.807, 2.05) is 6.92 Å². The van der Waals surface area contributed by atoms with E-state index in [-0.39, 0.29) is 5.41 Å². The highest BCUT2D eigenvalue weighted by Gasteiger charge is 2.41. The molecule has 21 heavy (non-hydrogen) atoms. The maximum atomic E-state index is 4.81. The summed E-state index contributed by atoms with van der Waals surface area (Å²) in [5.74, 6) is 0. The molecule has 0 amide bonds. The highest BCUT2D eigenvalue weighted by atomic mass is 15.1. The molecule has 108 valence electrons. The quantitative estimate of drug-likeness (QED) is 0.794. The lowest BCUT2D eigenvalue weighted by atomic mass is 9.67. The fourth-order valence-electron chi connectivity index (χ4n) is 4.15. The van der Waals surface area contributed by atoms with Crippen molar-refractivity contribution in [1.82, 2.24) is 10.2 Å². The monoisotopic (exact) mass is 279 g/mol. The van der Waals surface area contributed by atoms with E-state index in [1.54, 1.807) is 0 Å². The largest absolute Gasteiger partial charge is 0.293 e. The zero-order valence-electron chi connectivity index (χ0n) is 12.8. The van der Waals surface area contributed by atoms with Gasteiger partial charge in [0.05, 0.1) is 11.4 Å². The lowest BCUT2D eigenvalue weighted by Crippen LogP contribution is -2.35. The van der Waals surface area contributed by atoms with Gasteiger partial charge < -0.3 is 0 Å². The molecule has 0 spiro atoms. The van der Waals surface area contributed by atoms with Gasteiger partial charge in [0.15, 0.2) is 0 Å². The molecule has 0 saturated heterocycles. The smallest absolute Gasteiger partial charge is 0.0678 e.